The highest BCUT2D eigenvalue weighted by Gasteiger charge is 2.33. The monoisotopic (exact) mass is 270 g/mol. The standard InChI is InChI=1S/C14H26N2O3/c1-9(2)7-8-16(12-5-6-12)14(19)15-11(4)10(3)13(17)18/h9-12H,5-8H2,1-4H3,(H,15,19)(H,17,18). The van der Waals surface area contributed by atoms with E-state index in [2.05, 4.69) is 19.2 Å². The first-order valence-corrected chi connectivity index (χ1v) is 7.12. The molecule has 5 nitrogen and oxygen atoms in total. The lowest BCUT2D eigenvalue weighted by atomic mass is 10.0. The molecule has 0 aromatic heterocycles. The molecule has 1 aliphatic rings. The van der Waals surface area contributed by atoms with Crippen LogP contribution in [0.1, 0.15) is 47.0 Å². The maximum Gasteiger partial charge on any atom is 0.317 e. The van der Waals surface area contributed by atoms with Crippen LogP contribution in [0.15, 0.2) is 0 Å². The Bertz CT molecular complexity index is 327. The van der Waals surface area contributed by atoms with Gasteiger partial charge >= 0.3 is 12.0 Å². The molecule has 1 saturated carbocycles. The third-order valence-corrected chi connectivity index (χ3v) is 3.69. The maximum absolute atomic E-state index is 12.2. The Hall–Kier alpha value is -1.26. The molecule has 0 bridgehead atoms. The van der Waals surface area contributed by atoms with Crippen LogP contribution < -0.4 is 5.32 Å². The third kappa shape index (κ3) is 5.09. The number of hydrogen-bond donors (Lipinski definition) is 2. The molecule has 2 unspecified atom stereocenters. The quantitative estimate of drug-likeness (QED) is 0.746. The van der Waals surface area contributed by atoms with Gasteiger partial charge in [0.2, 0.25) is 0 Å². The first-order valence-electron chi connectivity index (χ1n) is 7.12. The van der Waals surface area contributed by atoms with Crippen molar-refractivity contribution < 1.29 is 14.7 Å². The Balaban J connectivity index is 2.50. The summed E-state index contributed by atoms with van der Waals surface area (Å²) in [5.74, 6) is -0.896. The minimum atomic E-state index is -0.882. The summed E-state index contributed by atoms with van der Waals surface area (Å²) < 4.78 is 0. The minimum absolute atomic E-state index is 0.122. The Morgan fingerprint density at radius 1 is 1.26 bits per heavy atom. The predicted octanol–water partition coefficient (Wildman–Crippen LogP) is 2.32. The van der Waals surface area contributed by atoms with Crippen molar-refractivity contribution in [1.29, 1.82) is 0 Å². The van der Waals surface area contributed by atoms with Crippen molar-refractivity contribution in [1.82, 2.24) is 10.2 Å². The number of carbonyl (C=O) groups is 2. The second-order valence-corrected chi connectivity index (χ2v) is 5.97. The van der Waals surface area contributed by atoms with Crippen LogP contribution >= 0.6 is 0 Å². The number of amides is 2. The van der Waals surface area contributed by atoms with Gasteiger partial charge in [0.15, 0.2) is 0 Å². The molecule has 0 aromatic rings. The van der Waals surface area contributed by atoms with Gasteiger partial charge in [0.1, 0.15) is 0 Å². The molecule has 0 radical (unpaired) electrons. The van der Waals surface area contributed by atoms with E-state index in [0.717, 1.165) is 25.8 Å². The average Bonchev–Trinajstić information content (AvgIpc) is 3.11. The summed E-state index contributed by atoms with van der Waals surface area (Å²) in [6.45, 7) is 8.38. The molecule has 2 atom stereocenters. The van der Waals surface area contributed by atoms with E-state index in [4.69, 9.17) is 5.11 Å². The van der Waals surface area contributed by atoms with Gasteiger partial charge in [0.05, 0.1) is 5.92 Å². The van der Waals surface area contributed by atoms with Crippen molar-refractivity contribution in [2.75, 3.05) is 6.54 Å². The van der Waals surface area contributed by atoms with Gasteiger partial charge in [0.25, 0.3) is 0 Å². The molecule has 0 aliphatic heterocycles. The fourth-order valence-corrected chi connectivity index (χ4v) is 1.85. The summed E-state index contributed by atoms with van der Waals surface area (Å²) in [6, 6.07) is -0.125. The third-order valence-electron chi connectivity index (χ3n) is 3.69. The Morgan fingerprint density at radius 3 is 2.26 bits per heavy atom. The van der Waals surface area contributed by atoms with E-state index in [0.29, 0.717) is 12.0 Å². The molecule has 19 heavy (non-hydrogen) atoms. The van der Waals surface area contributed by atoms with E-state index in [1.165, 1.54) is 0 Å². The molecule has 2 amide bonds. The smallest absolute Gasteiger partial charge is 0.317 e. The number of carbonyl (C=O) groups excluding carboxylic acids is 1. The molecule has 0 heterocycles. The van der Waals surface area contributed by atoms with Gasteiger partial charge in [-0.3, -0.25) is 4.79 Å². The number of nitrogens with zero attached hydrogens (tertiary/aromatic N) is 1. The van der Waals surface area contributed by atoms with Crippen LogP contribution in [0, 0.1) is 11.8 Å². The summed E-state index contributed by atoms with van der Waals surface area (Å²) in [5.41, 5.74) is 0. The van der Waals surface area contributed by atoms with Gasteiger partial charge < -0.3 is 15.3 Å². The number of nitrogens with one attached hydrogen (secondary N) is 1. The number of carboxylic acids is 1. The molecular weight excluding hydrogens is 244 g/mol. The van der Waals surface area contributed by atoms with Gasteiger partial charge in [-0.2, -0.15) is 0 Å². The van der Waals surface area contributed by atoms with Gasteiger partial charge in [-0.05, 0) is 39.0 Å². The van der Waals surface area contributed by atoms with Crippen molar-refractivity contribution in [3.05, 3.63) is 0 Å². The lowest BCUT2D eigenvalue weighted by molar-refractivity contribution is -0.141. The van der Waals surface area contributed by atoms with Crippen molar-refractivity contribution >= 4 is 12.0 Å². The highest BCUT2D eigenvalue weighted by Crippen LogP contribution is 2.27. The molecule has 0 saturated heterocycles. The van der Waals surface area contributed by atoms with Crippen molar-refractivity contribution in [3.63, 3.8) is 0 Å². The average molecular weight is 270 g/mol. The summed E-state index contributed by atoms with van der Waals surface area (Å²) in [7, 11) is 0. The van der Waals surface area contributed by atoms with Gasteiger partial charge in [-0.1, -0.05) is 13.8 Å². The summed E-state index contributed by atoms with van der Waals surface area (Å²) in [5, 5.41) is 11.7. The number of rotatable bonds is 7. The maximum atomic E-state index is 12.2. The number of urea groups is 1. The fraction of sp³-hybridized carbons (Fsp3) is 0.857. The van der Waals surface area contributed by atoms with E-state index < -0.39 is 11.9 Å². The van der Waals surface area contributed by atoms with Crippen LogP contribution in [-0.2, 0) is 4.79 Å². The van der Waals surface area contributed by atoms with Crippen LogP contribution in [0.4, 0.5) is 4.79 Å². The summed E-state index contributed by atoms with van der Waals surface area (Å²) in [4.78, 5) is 25.0. The molecule has 1 fully saturated rings. The second kappa shape index (κ2) is 6.78. The van der Waals surface area contributed by atoms with Crippen molar-refractivity contribution in [3.8, 4) is 0 Å². The molecule has 5 heteroatoms. The van der Waals surface area contributed by atoms with Crippen LogP contribution in [0.25, 0.3) is 0 Å². The van der Waals surface area contributed by atoms with Crippen LogP contribution in [-0.4, -0.2) is 40.6 Å². The highest BCUT2D eigenvalue weighted by molar-refractivity contribution is 5.77. The van der Waals surface area contributed by atoms with E-state index in [9.17, 15) is 9.59 Å². The SMILES string of the molecule is CC(C)CCN(C(=O)NC(C)C(C)C(=O)O)C1CC1. The summed E-state index contributed by atoms with van der Waals surface area (Å²) >= 11 is 0. The zero-order valence-corrected chi connectivity index (χ0v) is 12.3. The van der Waals surface area contributed by atoms with E-state index in [-0.39, 0.29) is 12.1 Å². The normalized spacial score (nSPS) is 17.9. The molecule has 110 valence electrons. The predicted molar refractivity (Wildman–Crippen MR) is 74.0 cm³/mol. The summed E-state index contributed by atoms with van der Waals surface area (Å²) in [6.07, 6.45) is 3.11. The Kier molecular flexibility index (Phi) is 5.63. The lowest BCUT2D eigenvalue weighted by Gasteiger charge is -2.27. The van der Waals surface area contributed by atoms with Crippen LogP contribution in [0.5, 0.6) is 0 Å². The van der Waals surface area contributed by atoms with Gasteiger partial charge in [0, 0.05) is 18.6 Å². The highest BCUT2D eigenvalue weighted by atomic mass is 16.4. The lowest BCUT2D eigenvalue weighted by Crippen LogP contribution is -2.48. The number of aliphatic carboxylic acids is 1. The zero-order chi connectivity index (χ0) is 14.6. The van der Waals surface area contributed by atoms with Crippen LogP contribution in [0.3, 0.4) is 0 Å². The van der Waals surface area contributed by atoms with Crippen LogP contribution in [0.2, 0.25) is 0 Å². The minimum Gasteiger partial charge on any atom is -0.481 e. The molecule has 0 spiro atoms. The van der Waals surface area contributed by atoms with E-state index in [1.54, 1.807) is 13.8 Å². The Morgan fingerprint density at radius 2 is 1.84 bits per heavy atom. The largest absolute Gasteiger partial charge is 0.481 e. The molecule has 0 aromatic carbocycles. The fourth-order valence-electron chi connectivity index (χ4n) is 1.85. The number of hydrogen-bond acceptors (Lipinski definition) is 2. The van der Waals surface area contributed by atoms with E-state index in [1.807, 2.05) is 4.90 Å². The first-order chi connectivity index (χ1) is 8.82. The topological polar surface area (TPSA) is 69.6 Å². The van der Waals surface area contributed by atoms with Gasteiger partial charge in [-0.15, -0.1) is 0 Å². The molecular formula is C14H26N2O3. The van der Waals surface area contributed by atoms with Crippen molar-refractivity contribution in [2.45, 2.75) is 59.0 Å². The van der Waals surface area contributed by atoms with Gasteiger partial charge in [-0.25, -0.2) is 4.79 Å². The van der Waals surface area contributed by atoms with E-state index >= 15 is 0 Å². The molecule has 1 rings (SSSR count). The molecule has 1 aliphatic carbocycles. The zero-order valence-electron chi connectivity index (χ0n) is 12.3. The molecule has 2 N–H and O–H groups in total. The Labute approximate surface area is 115 Å². The first kappa shape index (κ1) is 15.8. The second-order valence-electron chi connectivity index (χ2n) is 5.97. The van der Waals surface area contributed by atoms with Crippen molar-refractivity contribution in [2.24, 2.45) is 11.8 Å². The number of carboxylic acid groups (broad SMARTS) is 1.